The minimum atomic E-state index is -0.114. The molecule has 1 aromatic rings. The maximum absolute atomic E-state index is 12.3. The maximum atomic E-state index is 12.3. The van der Waals surface area contributed by atoms with Crippen LogP contribution in [0.4, 0.5) is 0 Å². The topological polar surface area (TPSA) is 71.1 Å². The number of carbonyl (C=O) groups excluding carboxylic acids is 1. The summed E-state index contributed by atoms with van der Waals surface area (Å²) in [6.07, 6.45) is 1.05. The van der Waals surface area contributed by atoms with Crippen LogP contribution in [-0.2, 0) is 4.74 Å². The predicted octanol–water partition coefficient (Wildman–Crippen LogP) is 1.43. The van der Waals surface area contributed by atoms with E-state index in [1.807, 2.05) is 13.8 Å². The van der Waals surface area contributed by atoms with Gasteiger partial charge in [-0.2, -0.15) is 0 Å². The van der Waals surface area contributed by atoms with Crippen LogP contribution in [0.2, 0.25) is 0 Å². The van der Waals surface area contributed by atoms with Gasteiger partial charge in [-0.3, -0.25) is 9.89 Å². The van der Waals surface area contributed by atoms with Crippen LogP contribution in [-0.4, -0.2) is 52.3 Å². The van der Waals surface area contributed by atoms with Crippen molar-refractivity contribution in [1.29, 1.82) is 0 Å². The van der Waals surface area contributed by atoms with Crippen LogP contribution in [0.5, 0.6) is 0 Å². The van der Waals surface area contributed by atoms with Crippen LogP contribution in [0, 0.1) is 5.92 Å². The van der Waals surface area contributed by atoms with Crippen molar-refractivity contribution >= 4 is 5.91 Å². The third-order valence-corrected chi connectivity index (χ3v) is 3.72. The number of aromatic nitrogens is 3. The van der Waals surface area contributed by atoms with Crippen LogP contribution in [0.25, 0.3) is 0 Å². The Morgan fingerprint density at radius 1 is 1.53 bits per heavy atom. The highest BCUT2D eigenvalue weighted by molar-refractivity contribution is 5.90. The van der Waals surface area contributed by atoms with E-state index in [0.717, 1.165) is 18.8 Å². The van der Waals surface area contributed by atoms with Gasteiger partial charge >= 0.3 is 0 Å². The number of likely N-dealkylation sites (tertiary alicyclic amines) is 1. The zero-order valence-corrected chi connectivity index (χ0v) is 12.0. The Morgan fingerprint density at radius 2 is 2.26 bits per heavy atom. The van der Waals surface area contributed by atoms with E-state index in [9.17, 15) is 4.79 Å². The van der Waals surface area contributed by atoms with Gasteiger partial charge in [-0.15, -0.1) is 5.10 Å². The summed E-state index contributed by atoms with van der Waals surface area (Å²) < 4.78 is 5.42. The van der Waals surface area contributed by atoms with Gasteiger partial charge in [-0.25, -0.2) is 4.98 Å². The molecule has 1 amide bonds. The summed E-state index contributed by atoms with van der Waals surface area (Å²) in [6.45, 7) is 7.53. The Balaban J connectivity index is 2.06. The van der Waals surface area contributed by atoms with E-state index < -0.39 is 0 Å². The third kappa shape index (κ3) is 2.94. The van der Waals surface area contributed by atoms with Gasteiger partial charge in [-0.1, -0.05) is 20.8 Å². The Labute approximate surface area is 113 Å². The molecule has 2 atom stereocenters. The molecule has 106 valence electrons. The number of nitrogens with one attached hydrogen (secondary N) is 1. The molecule has 2 rings (SSSR count). The van der Waals surface area contributed by atoms with Crippen molar-refractivity contribution in [3.8, 4) is 0 Å². The lowest BCUT2D eigenvalue weighted by molar-refractivity contribution is -0.00198. The average molecular weight is 266 g/mol. The minimum Gasteiger partial charge on any atom is -0.379 e. The second-order valence-corrected chi connectivity index (χ2v) is 5.49. The van der Waals surface area contributed by atoms with E-state index in [4.69, 9.17) is 4.74 Å². The lowest BCUT2D eigenvalue weighted by Gasteiger charge is -2.35. The highest BCUT2D eigenvalue weighted by Crippen LogP contribution is 2.20. The molecule has 6 nitrogen and oxygen atoms in total. The molecule has 1 aromatic heterocycles. The SMILES string of the molecule is COC1CN(C(=O)c2n[nH]c(C(C)C)n2)CCC1C. The molecular weight excluding hydrogens is 244 g/mol. The van der Waals surface area contributed by atoms with E-state index in [-0.39, 0.29) is 23.8 Å². The van der Waals surface area contributed by atoms with Gasteiger partial charge in [0.15, 0.2) is 0 Å². The summed E-state index contributed by atoms with van der Waals surface area (Å²) in [4.78, 5) is 18.4. The highest BCUT2D eigenvalue weighted by atomic mass is 16.5. The lowest BCUT2D eigenvalue weighted by atomic mass is 9.96. The number of methoxy groups -OCH3 is 1. The van der Waals surface area contributed by atoms with Gasteiger partial charge in [0.05, 0.1) is 6.10 Å². The van der Waals surface area contributed by atoms with E-state index >= 15 is 0 Å². The molecule has 0 spiro atoms. The van der Waals surface area contributed by atoms with E-state index in [0.29, 0.717) is 12.5 Å². The van der Waals surface area contributed by atoms with Gasteiger partial charge in [0.2, 0.25) is 5.82 Å². The molecular formula is C13H22N4O2. The largest absolute Gasteiger partial charge is 0.379 e. The number of H-pyrrole nitrogens is 1. The normalized spacial score (nSPS) is 23.9. The summed E-state index contributed by atoms with van der Waals surface area (Å²) >= 11 is 0. The monoisotopic (exact) mass is 266 g/mol. The first-order valence-electron chi connectivity index (χ1n) is 6.77. The number of amides is 1. The molecule has 1 saturated heterocycles. The highest BCUT2D eigenvalue weighted by Gasteiger charge is 2.30. The molecule has 1 fully saturated rings. The molecule has 1 aliphatic heterocycles. The number of hydrogen-bond donors (Lipinski definition) is 1. The fraction of sp³-hybridized carbons (Fsp3) is 0.769. The summed E-state index contributed by atoms with van der Waals surface area (Å²) in [7, 11) is 1.69. The fourth-order valence-electron chi connectivity index (χ4n) is 2.29. The number of rotatable bonds is 3. The van der Waals surface area contributed by atoms with Crippen molar-refractivity contribution in [1.82, 2.24) is 20.1 Å². The van der Waals surface area contributed by atoms with Gasteiger partial charge in [-0.05, 0) is 12.3 Å². The summed E-state index contributed by atoms with van der Waals surface area (Å²) in [5.41, 5.74) is 0. The number of piperidine rings is 1. The van der Waals surface area contributed by atoms with Crippen molar-refractivity contribution < 1.29 is 9.53 Å². The van der Waals surface area contributed by atoms with Crippen molar-refractivity contribution in [2.45, 2.75) is 39.2 Å². The van der Waals surface area contributed by atoms with Gasteiger partial charge in [0.1, 0.15) is 5.82 Å². The van der Waals surface area contributed by atoms with E-state index in [2.05, 4.69) is 22.1 Å². The smallest absolute Gasteiger partial charge is 0.293 e. The van der Waals surface area contributed by atoms with Crippen molar-refractivity contribution in [2.75, 3.05) is 20.2 Å². The lowest BCUT2D eigenvalue weighted by Crippen LogP contribution is -2.46. The second kappa shape index (κ2) is 5.69. The molecule has 2 unspecified atom stereocenters. The van der Waals surface area contributed by atoms with Crippen molar-refractivity contribution in [2.24, 2.45) is 5.92 Å². The Kier molecular flexibility index (Phi) is 4.19. The number of carbonyl (C=O) groups is 1. The second-order valence-electron chi connectivity index (χ2n) is 5.49. The molecule has 19 heavy (non-hydrogen) atoms. The molecule has 0 radical (unpaired) electrons. The van der Waals surface area contributed by atoms with Gasteiger partial charge in [0, 0.05) is 26.1 Å². The standard InChI is InChI=1S/C13H22N4O2/c1-8(2)11-14-12(16-15-11)13(18)17-6-5-9(3)10(7-17)19-4/h8-10H,5-7H2,1-4H3,(H,14,15,16). The third-order valence-electron chi connectivity index (χ3n) is 3.72. The van der Waals surface area contributed by atoms with Crippen LogP contribution < -0.4 is 0 Å². The first-order chi connectivity index (χ1) is 9.02. The van der Waals surface area contributed by atoms with Crippen molar-refractivity contribution in [3.05, 3.63) is 11.6 Å². The molecule has 0 aliphatic carbocycles. The molecule has 0 bridgehead atoms. The molecule has 1 aliphatic rings. The van der Waals surface area contributed by atoms with Crippen molar-refractivity contribution in [3.63, 3.8) is 0 Å². The number of aromatic amines is 1. The molecule has 1 N–H and O–H groups in total. The van der Waals surface area contributed by atoms with Gasteiger partial charge < -0.3 is 9.64 Å². The number of ether oxygens (including phenoxy) is 1. The first-order valence-corrected chi connectivity index (χ1v) is 6.77. The Morgan fingerprint density at radius 3 is 2.84 bits per heavy atom. The molecule has 2 heterocycles. The quantitative estimate of drug-likeness (QED) is 0.898. The number of hydrogen-bond acceptors (Lipinski definition) is 4. The van der Waals surface area contributed by atoms with E-state index in [1.54, 1.807) is 12.0 Å². The van der Waals surface area contributed by atoms with Crippen LogP contribution >= 0.6 is 0 Å². The van der Waals surface area contributed by atoms with Crippen LogP contribution in [0.15, 0.2) is 0 Å². The Hall–Kier alpha value is -1.43. The zero-order valence-electron chi connectivity index (χ0n) is 12.0. The van der Waals surface area contributed by atoms with E-state index in [1.165, 1.54) is 0 Å². The van der Waals surface area contributed by atoms with Gasteiger partial charge in [0.25, 0.3) is 5.91 Å². The molecule has 0 saturated carbocycles. The first kappa shape index (κ1) is 14.0. The molecule has 0 aromatic carbocycles. The minimum absolute atomic E-state index is 0.0983. The summed E-state index contributed by atoms with van der Waals surface area (Å²) in [5.74, 6) is 1.61. The number of nitrogens with zero attached hydrogens (tertiary/aromatic N) is 3. The Bertz CT molecular complexity index is 444. The summed E-state index contributed by atoms with van der Waals surface area (Å²) in [5, 5.41) is 6.83. The fourth-order valence-corrected chi connectivity index (χ4v) is 2.29. The predicted molar refractivity (Wildman–Crippen MR) is 71.0 cm³/mol. The summed E-state index contributed by atoms with van der Waals surface area (Å²) in [6, 6.07) is 0. The average Bonchev–Trinajstić information content (AvgIpc) is 2.88. The molecule has 6 heteroatoms. The van der Waals surface area contributed by atoms with Crippen LogP contribution in [0.3, 0.4) is 0 Å². The maximum Gasteiger partial charge on any atom is 0.293 e. The van der Waals surface area contributed by atoms with Crippen LogP contribution in [0.1, 0.15) is 49.6 Å². The zero-order chi connectivity index (χ0) is 14.0.